The number of methoxy groups -OCH3 is 1. The van der Waals surface area contributed by atoms with E-state index < -0.39 is 11.9 Å². The van der Waals surface area contributed by atoms with Gasteiger partial charge in [-0.15, -0.1) is 0 Å². The van der Waals surface area contributed by atoms with E-state index in [9.17, 15) is 9.90 Å². The van der Waals surface area contributed by atoms with Crippen molar-refractivity contribution in [3.63, 3.8) is 0 Å². The lowest BCUT2D eigenvalue weighted by Gasteiger charge is -2.43. The van der Waals surface area contributed by atoms with Crippen LogP contribution in [0.2, 0.25) is 0 Å². The highest BCUT2D eigenvalue weighted by molar-refractivity contribution is 5.71. The fourth-order valence-electron chi connectivity index (χ4n) is 7.19. The summed E-state index contributed by atoms with van der Waals surface area (Å²) in [7, 11) is 1.54. The lowest BCUT2D eigenvalue weighted by atomic mass is 9.82. The molecule has 3 atom stereocenters. The number of hydrogen-bond donors (Lipinski definition) is 1. The fourth-order valence-corrected chi connectivity index (χ4v) is 7.19. The number of benzene rings is 2. The molecule has 1 saturated carbocycles. The Labute approximate surface area is 254 Å². The molecule has 2 fully saturated rings. The van der Waals surface area contributed by atoms with E-state index in [1.165, 1.54) is 31.7 Å². The average molecular weight is 587 g/mol. The third-order valence-corrected chi connectivity index (χ3v) is 10.0. The topological polar surface area (TPSA) is 71.9 Å². The van der Waals surface area contributed by atoms with Gasteiger partial charge in [-0.1, -0.05) is 37.6 Å². The molecule has 7 heteroatoms. The van der Waals surface area contributed by atoms with Crippen molar-refractivity contribution in [3.8, 4) is 22.8 Å². The first-order valence-corrected chi connectivity index (χ1v) is 15.7. The fraction of sp³-hybridized carbons (Fsp3) is 0.500. The van der Waals surface area contributed by atoms with Crippen LogP contribution in [0.3, 0.4) is 0 Å². The van der Waals surface area contributed by atoms with Gasteiger partial charge >= 0.3 is 5.97 Å². The van der Waals surface area contributed by atoms with Gasteiger partial charge in [-0.25, -0.2) is 9.37 Å². The third kappa shape index (κ3) is 6.14. The van der Waals surface area contributed by atoms with Crippen LogP contribution in [0.25, 0.3) is 11.1 Å². The zero-order chi connectivity index (χ0) is 30.3. The Morgan fingerprint density at radius 3 is 2.70 bits per heavy atom. The number of nitrogens with zero attached hydrogens (tertiary/aromatic N) is 2. The number of carbonyl (C=O) groups is 1. The van der Waals surface area contributed by atoms with Crippen molar-refractivity contribution in [1.29, 1.82) is 0 Å². The predicted octanol–water partition coefficient (Wildman–Crippen LogP) is 7.94. The average Bonchev–Trinajstić information content (AvgIpc) is 3.83. The van der Waals surface area contributed by atoms with E-state index in [0.29, 0.717) is 17.4 Å². The van der Waals surface area contributed by atoms with Gasteiger partial charge in [-0.3, -0.25) is 9.69 Å². The molecule has 43 heavy (non-hydrogen) atoms. The molecule has 2 aromatic carbocycles. The molecule has 0 radical (unpaired) electrons. The number of aliphatic carboxylic acids is 1. The molecule has 6 nitrogen and oxygen atoms in total. The standard InChI is InChI=1S/C36H43FN2O4/c1-22(35(40)41)34(24-8-9-24)26-10-7-23-12-14-31(43-32(23)18-26)28-13-11-25(29-19-33(42-4)38-20-30(29)37)17-27(28)21-39-16-6-5-15-36(39,2)3/h7,10-11,13,17-20,22,24,31,34H,5-6,8-9,12,14-16,21H2,1-4H3,(H,40,41)/t22-,31?,34-/m0/s1. The maximum atomic E-state index is 15.0. The molecule has 3 aromatic rings. The van der Waals surface area contributed by atoms with Crippen molar-refractivity contribution in [2.24, 2.45) is 11.8 Å². The van der Waals surface area contributed by atoms with Crippen molar-refractivity contribution in [2.45, 2.75) is 89.8 Å². The number of fused-ring (bicyclic) bond motifs is 1. The van der Waals surface area contributed by atoms with E-state index in [1.54, 1.807) is 6.07 Å². The van der Waals surface area contributed by atoms with E-state index in [-0.39, 0.29) is 23.4 Å². The van der Waals surface area contributed by atoms with Gasteiger partial charge in [0.2, 0.25) is 5.88 Å². The minimum atomic E-state index is -0.748. The number of carboxylic acids is 1. The van der Waals surface area contributed by atoms with E-state index in [1.807, 2.05) is 13.0 Å². The molecule has 3 aliphatic rings. The number of piperidine rings is 1. The molecule has 0 amide bonds. The van der Waals surface area contributed by atoms with Crippen LogP contribution in [0.4, 0.5) is 4.39 Å². The monoisotopic (exact) mass is 586 g/mol. The summed E-state index contributed by atoms with van der Waals surface area (Å²) < 4.78 is 27.1. The van der Waals surface area contributed by atoms with Crippen LogP contribution in [0.5, 0.6) is 11.6 Å². The Morgan fingerprint density at radius 1 is 1.16 bits per heavy atom. The lowest BCUT2D eigenvalue weighted by molar-refractivity contribution is -0.142. The van der Waals surface area contributed by atoms with Crippen LogP contribution >= 0.6 is 0 Å². The largest absolute Gasteiger partial charge is 0.485 e. The number of likely N-dealkylation sites (tertiary alicyclic amines) is 1. The Balaban J connectivity index is 1.35. The SMILES string of the molecule is COc1cc(-c2ccc(C3CCc4ccc([C@H](C5CC5)[C@H](C)C(=O)O)cc4O3)c(CN3CCCCC3(C)C)c2)c(F)cn1. The molecular formula is C36H43FN2O4. The van der Waals surface area contributed by atoms with E-state index in [4.69, 9.17) is 9.47 Å². The summed E-state index contributed by atoms with van der Waals surface area (Å²) in [6.45, 7) is 8.23. The maximum absolute atomic E-state index is 15.0. The molecule has 1 unspecified atom stereocenters. The van der Waals surface area contributed by atoms with Gasteiger partial charge in [-0.2, -0.15) is 0 Å². The molecule has 1 saturated heterocycles. The number of pyridine rings is 1. The van der Waals surface area contributed by atoms with Gasteiger partial charge < -0.3 is 14.6 Å². The molecule has 6 rings (SSSR count). The van der Waals surface area contributed by atoms with Crippen LogP contribution in [0.15, 0.2) is 48.7 Å². The van der Waals surface area contributed by atoms with Gasteiger partial charge in [0.15, 0.2) is 0 Å². The number of ether oxygens (including phenoxy) is 2. The van der Waals surface area contributed by atoms with E-state index in [2.05, 4.69) is 54.1 Å². The highest BCUT2D eigenvalue weighted by Crippen LogP contribution is 2.48. The first-order valence-electron chi connectivity index (χ1n) is 15.7. The maximum Gasteiger partial charge on any atom is 0.306 e. The van der Waals surface area contributed by atoms with Crippen LogP contribution in [-0.2, 0) is 17.8 Å². The Bertz CT molecular complexity index is 1500. The number of aryl methyl sites for hydroxylation is 1. The van der Waals surface area contributed by atoms with Gasteiger partial charge in [0.05, 0.1) is 19.2 Å². The summed E-state index contributed by atoms with van der Waals surface area (Å²) >= 11 is 0. The second-order valence-electron chi connectivity index (χ2n) is 13.3. The summed E-state index contributed by atoms with van der Waals surface area (Å²) in [5.74, 6) is 0.0809. The number of rotatable bonds is 9. The Kier molecular flexibility index (Phi) is 8.20. The summed E-state index contributed by atoms with van der Waals surface area (Å²) in [6, 6.07) is 14.2. The van der Waals surface area contributed by atoms with E-state index in [0.717, 1.165) is 73.2 Å². The number of carboxylic acid groups (broad SMARTS) is 1. The Morgan fingerprint density at radius 2 is 1.98 bits per heavy atom. The molecular weight excluding hydrogens is 543 g/mol. The van der Waals surface area contributed by atoms with Crippen LogP contribution in [-0.4, -0.2) is 40.2 Å². The van der Waals surface area contributed by atoms with Crippen molar-refractivity contribution < 1.29 is 23.8 Å². The zero-order valence-electron chi connectivity index (χ0n) is 25.7. The van der Waals surface area contributed by atoms with Crippen molar-refractivity contribution in [2.75, 3.05) is 13.7 Å². The quantitative estimate of drug-likeness (QED) is 0.274. The van der Waals surface area contributed by atoms with Crippen molar-refractivity contribution in [3.05, 3.63) is 76.7 Å². The molecule has 2 aliphatic heterocycles. The van der Waals surface area contributed by atoms with Gasteiger partial charge in [0.1, 0.15) is 17.7 Å². The normalized spacial score (nSPS) is 21.4. The first-order chi connectivity index (χ1) is 20.6. The van der Waals surface area contributed by atoms with Gasteiger partial charge in [-0.05, 0) is 111 Å². The lowest BCUT2D eigenvalue weighted by Crippen LogP contribution is -2.46. The molecule has 3 heterocycles. The zero-order valence-corrected chi connectivity index (χ0v) is 25.7. The minimum absolute atomic E-state index is 0.00444. The molecule has 228 valence electrons. The first kappa shape index (κ1) is 29.6. The van der Waals surface area contributed by atoms with E-state index >= 15 is 4.39 Å². The summed E-state index contributed by atoms with van der Waals surface area (Å²) in [6.07, 6.45) is 8.50. The highest BCUT2D eigenvalue weighted by atomic mass is 19.1. The summed E-state index contributed by atoms with van der Waals surface area (Å²) in [5.41, 5.74) is 5.83. The van der Waals surface area contributed by atoms with Crippen LogP contribution < -0.4 is 9.47 Å². The number of halogens is 1. The number of hydrogen-bond acceptors (Lipinski definition) is 5. The molecule has 1 aromatic heterocycles. The Hall–Kier alpha value is -3.45. The summed E-state index contributed by atoms with van der Waals surface area (Å²) in [4.78, 5) is 18.5. The van der Waals surface area contributed by atoms with Gasteiger partial charge in [0, 0.05) is 23.7 Å². The second kappa shape index (κ2) is 11.9. The predicted molar refractivity (Wildman–Crippen MR) is 165 cm³/mol. The number of aromatic nitrogens is 1. The summed E-state index contributed by atoms with van der Waals surface area (Å²) in [5, 5.41) is 9.80. The minimum Gasteiger partial charge on any atom is -0.485 e. The second-order valence-corrected chi connectivity index (χ2v) is 13.3. The smallest absolute Gasteiger partial charge is 0.306 e. The van der Waals surface area contributed by atoms with Gasteiger partial charge in [0.25, 0.3) is 0 Å². The van der Waals surface area contributed by atoms with Crippen molar-refractivity contribution >= 4 is 5.97 Å². The van der Waals surface area contributed by atoms with Crippen LogP contribution in [0.1, 0.15) is 93.6 Å². The molecule has 0 spiro atoms. The molecule has 0 bridgehead atoms. The molecule has 1 N–H and O–H groups in total. The third-order valence-electron chi connectivity index (χ3n) is 10.0. The van der Waals surface area contributed by atoms with Crippen molar-refractivity contribution in [1.82, 2.24) is 9.88 Å². The van der Waals surface area contributed by atoms with Crippen LogP contribution in [0, 0.1) is 17.7 Å². The highest BCUT2D eigenvalue weighted by Gasteiger charge is 2.39. The molecule has 1 aliphatic carbocycles.